The number of amides is 1. The van der Waals surface area contributed by atoms with Crippen LogP contribution in [0.5, 0.6) is 0 Å². The minimum atomic E-state index is -0.837. The Morgan fingerprint density at radius 3 is 2.48 bits per heavy atom. The molecule has 0 aliphatic rings. The van der Waals surface area contributed by atoms with Gasteiger partial charge in [-0.1, -0.05) is 18.2 Å². The molecule has 0 bridgehead atoms. The summed E-state index contributed by atoms with van der Waals surface area (Å²) < 4.78 is 7.95. The Morgan fingerprint density at radius 2 is 1.92 bits per heavy atom. The molecule has 134 valence electrons. The molecule has 0 fully saturated rings. The molecule has 3 N–H and O–H groups in total. The molecule has 8 nitrogen and oxygen atoms in total. The zero-order valence-corrected chi connectivity index (χ0v) is 14.5. The van der Waals surface area contributed by atoms with Gasteiger partial charge in [0.1, 0.15) is 11.7 Å². The van der Waals surface area contributed by atoms with Crippen molar-refractivity contribution in [1.29, 1.82) is 0 Å². The van der Waals surface area contributed by atoms with Gasteiger partial charge in [-0.15, -0.1) is 0 Å². The van der Waals surface area contributed by atoms with Gasteiger partial charge in [0, 0.05) is 13.5 Å². The minimum absolute atomic E-state index is 0.00548. The van der Waals surface area contributed by atoms with Crippen molar-refractivity contribution in [3.8, 4) is 5.69 Å². The molecule has 1 aromatic carbocycles. The largest absolute Gasteiger partial charge is 0.467 e. The van der Waals surface area contributed by atoms with Crippen LogP contribution in [0.4, 0.5) is 5.69 Å². The molecular weight excluding hydrogens is 324 g/mol. The van der Waals surface area contributed by atoms with Crippen molar-refractivity contribution < 1.29 is 14.3 Å². The highest BCUT2D eigenvalue weighted by atomic mass is 16.5. The van der Waals surface area contributed by atoms with Gasteiger partial charge >= 0.3 is 5.97 Å². The number of ether oxygens (including phenoxy) is 1. The number of anilines is 1. The highest BCUT2D eigenvalue weighted by molar-refractivity contribution is 5.81. The fourth-order valence-corrected chi connectivity index (χ4v) is 2.59. The summed E-state index contributed by atoms with van der Waals surface area (Å²) >= 11 is 0. The second-order valence-electron chi connectivity index (χ2n) is 5.66. The second-order valence-corrected chi connectivity index (χ2v) is 5.66. The van der Waals surface area contributed by atoms with Gasteiger partial charge in [0.05, 0.1) is 18.5 Å². The van der Waals surface area contributed by atoms with Crippen LogP contribution in [-0.2, 0) is 21.4 Å². The van der Waals surface area contributed by atoms with Gasteiger partial charge in [-0.25, -0.2) is 9.48 Å². The predicted molar refractivity (Wildman–Crippen MR) is 93.6 cm³/mol. The van der Waals surface area contributed by atoms with Crippen LogP contribution in [0.1, 0.15) is 18.5 Å². The molecule has 1 aromatic heterocycles. The molecule has 0 saturated heterocycles. The molecule has 2 aromatic rings. The molecule has 8 heteroatoms. The molecule has 1 heterocycles. The van der Waals surface area contributed by atoms with Gasteiger partial charge in [0.2, 0.25) is 5.91 Å². The van der Waals surface area contributed by atoms with E-state index in [2.05, 4.69) is 5.32 Å². The van der Waals surface area contributed by atoms with E-state index >= 15 is 0 Å². The predicted octanol–water partition coefficient (Wildman–Crippen LogP) is 0.703. The van der Waals surface area contributed by atoms with Gasteiger partial charge in [0.25, 0.3) is 5.56 Å². The Kier molecular flexibility index (Phi) is 5.63. The first-order valence-corrected chi connectivity index (χ1v) is 7.83. The summed E-state index contributed by atoms with van der Waals surface area (Å²) in [5, 5.41) is 2.92. The number of nitrogens with two attached hydrogens (primary N) is 1. The first kappa shape index (κ1) is 18.3. The van der Waals surface area contributed by atoms with E-state index in [9.17, 15) is 14.4 Å². The lowest BCUT2D eigenvalue weighted by Crippen LogP contribution is -2.34. The Labute approximate surface area is 145 Å². The number of methoxy groups -OCH3 is 1. The number of para-hydroxylation sites is 1. The van der Waals surface area contributed by atoms with Gasteiger partial charge < -0.3 is 15.8 Å². The third kappa shape index (κ3) is 3.90. The summed E-state index contributed by atoms with van der Waals surface area (Å²) in [5.41, 5.74) is 6.50. The number of carbonyl (C=O) groups is 2. The van der Waals surface area contributed by atoms with Crippen molar-refractivity contribution in [2.75, 3.05) is 12.4 Å². The molecule has 0 spiro atoms. The van der Waals surface area contributed by atoms with Crippen LogP contribution in [-0.4, -0.2) is 34.4 Å². The summed E-state index contributed by atoms with van der Waals surface area (Å²) in [6, 6.07) is 8.32. The quantitative estimate of drug-likeness (QED) is 0.718. The summed E-state index contributed by atoms with van der Waals surface area (Å²) in [6.07, 6.45) is 0.145. The lowest BCUT2D eigenvalue weighted by atomic mass is 10.1. The Hall–Kier alpha value is -3.03. The minimum Gasteiger partial charge on any atom is -0.467 e. The van der Waals surface area contributed by atoms with Crippen molar-refractivity contribution >= 4 is 17.6 Å². The Morgan fingerprint density at radius 1 is 1.28 bits per heavy atom. The standard InChI is InChI=1S/C17H22N4O4/c1-11-15(19-13(17(24)25-3)9-10-14(18)22)16(23)21(20(11)2)12-7-5-4-6-8-12/h4-8,13,19H,9-10H2,1-3H3,(H2,18,22)/t13-/m0/s1. The van der Waals surface area contributed by atoms with Crippen molar-refractivity contribution in [3.05, 3.63) is 46.4 Å². The van der Waals surface area contributed by atoms with Crippen LogP contribution in [0.2, 0.25) is 0 Å². The first-order chi connectivity index (χ1) is 11.9. The first-order valence-electron chi connectivity index (χ1n) is 7.83. The summed E-state index contributed by atoms with van der Waals surface area (Å²) in [5.74, 6) is -1.09. The maximum absolute atomic E-state index is 12.8. The summed E-state index contributed by atoms with van der Waals surface area (Å²) in [7, 11) is 3.01. The lowest BCUT2D eigenvalue weighted by Gasteiger charge is -2.16. The number of rotatable bonds is 7. The fourth-order valence-electron chi connectivity index (χ4n) is 2.59. The summed E-state index contributed by atoms with van der Waals surface area (Å²) in [4.78, 5) is 35.8. The SMILES string of the molecule is COC(=O)[C@H](CCC(N)=O)Nc1c(C)n(C)n(-c2ccccc2)c1=O. The number of primary amides is 1. The van der Waals surface area contributed by atoms with E-state index in [1.165, 1.54) is 11.8 Å². The maximum atomic E-state index is 12.8. The second kappa shape index (κ2) is 7.69. The molecule has 2 rings (SSSR count). The van der Waals surface area contributed by atoms with Crippen LogP contribution in [0, 0.1) is 6.92 Å². The third-order valence-corrected chi connectivity index (χ3v) is 4.04. The Bertz CT molecular complexity index is 823. The topological polar surface area (TPSA) is 108 Å². The smallest absolute Gasteiger partial charge is 0.328 e. The lowest BCUT2D eigenvalue weighted by molar-refractivity contribution is -0.141. The molecule has 0 unspecified atom stereocenters. The fraction of sp³-hybridized carbons (Fsp3) is 0.353. The van der Waals surface area contributed by atoms with Gasteiger partial charge in [-0.2, -0.15) is 0 Å². The van der Waals surface area contributed by atoms with E-state index in [1.54, 1.807) is 18.7 Å². The highest BCUT2D eigenvalue weighted by Gasteiger charge is 2.24. The number of esters is 1. The van der Waals surface area contributed by atoms with Crippen LogP contribution in [0.15, 0.2) is 35.1 Å². The third-order valence-electron chi connectivity index (χ3n) is 4.04. The number of benzene rings is 1. The highest BCUT2D eigenvalue weighted by Crippen LogP contribution is 2.16. The number of nitrogens with one attached hydrogen (secondary N) is 1. The average Bonchev–Trinajstić information content (AvgIpc) is 2.81. The zero-order chi connectivity index (χ0) is 18.6. The molecular formula is C17H22N4O4. The normalized spacial score (nSPS) is 11.8. The van der Waals surface area contributed by atoms with Gasteiger partial charge in [0.15, 0.2) is 0 Å². The van der Waals surface area contributed by atoms with Gasteiger partial charge in [-0.3, -0.25) is 14.3 Å². The van der Waals surface area contributed by atoms with Crippen LogP contribution < -0.4 is 16.6 Å². The van der Waals surface area contributed by atoms with E-state index in [0.29, 0.717) is 11.4 Å². The average molecular weight is 346 g/mol. The van der Waals surface area contributed by atoms with Crippen molar-refractivity contribution in [1.82, 2.24) is 9.36 Å². The summed E-state index contributed by atoms with van der Waals surface area (Å²) in [6.45, 7) is 1.77. The molecule has 0 aliphatic carbocycles. The molecule has 25 heavy (non-hydrogen) atoms. The number of aromatic nitrogens is 2. The molecule has 1 amide bonds. The molecule has 1 atom stereocenters. The van der Waals surface area contributed by atoms with Gasteiger partial charge in [-0.05, 0) is 25.5 Å². The number of nitrogens with zero attached hydrogens (tertiary/aromatic N) is 2. The van der Waals surface area contributed by atoms with E-state index in [1.807, 2.05) is 30.3 Å². The van der Waals surface area contributed by atoms with E-state index < -0.39 is 17.9 Å². The van der Waals surface area contributed by atoms with Crippen LogP contribution in [0.3, 0.4) is 0 Å². The number of carbonyl (C=O) groups excluding carboxylic acids is 2. The number of hydrogen-bond acceptors (Lipinski definition) is 5. The monoisotopic (exact) mass is 346 g/mol. The number of hydrogen-bond donors (Lipinski definition) is 2. The van der Waals surface area contributed by atoms with E-state index in [-0.39, 0.29) is 24.1 Å². The van der Waals surface area contributed by atoms with Crippen molar-refractivity contribution in [2.24, 2.45) is 12.8 Å². The zero-order valence-electron chi connectivity index (χ0n) is 14.5. The molecule has 0 radical (unpaired) electrons. The molecule has 0 aliphatic heterocycles. The Balaban J connectivity index is 2.40. The van der Waals surface area contributed by atoms with Crippen molar-refractivity contribution in [3.63, 3.8) is 0 Å². The van der Waals surface area contributed by atoms with E-state index in [4.69, 9.17) is 10.5 Å². The van der Waals surface area contributed by atoms with E-state index in [0.717, 1.165) is 0 Å². The van der Waals surface area contributed by atoms with Crippen LogP contribution in [0.25, 0.3) is 5.69 Å². The molecule has 0 saturated carbocycles. The van der Waals surface area contributed by atoms with Crippen LogP contribution >= 0.6 is 0 Å². The van der Waals surface area contributed by atoms with Crippen molar-refractivity contribution in [2.45, 2.75) is 25.8 Å². The maximum Gasteiger partial charge on any atom is 0.328 e.